The van der Waals surface area contributed by atoms with Crippen LogP contribution in [0.1, 0.15) is 28.8 Å². The van der Waals surface area contributed by atoms with Gasteiger partial charge in [-0.3, -0.25) is 9.59 Å². The van der Waals surface area contributed by atoms with E-state index < -0.39 is 0 Å². The van der Waals surface area contributed by atoms with Crippen LogP contribution in [-0.4, -0.2) is 24.5 Å². The van der Waals surface area contributed by atoms with Crippen LogP contribution in [-0.2, 0) is 9.53 Å². The van der Waals surface area contributed by atoms with Gasteiger partial charge in [0, 0.05) is 22.1 Å². The number of amides is 1. The number of halogens is 1. The molecule has 1 atom stereocenters. The first-order valence-electron chi connectivity index (χ1n) is 7.86. The Labute approximate surface area is 149 Å². The van der Waals surface area contributed by atoms with Crippen molar-refractivity contribution < 1.29 is 14.3 Å². The Balaban J connectivity index is 1.99. The summed E-state index contributed by atoms with van der Waals surface area (Å²) in [4.78, 5) is 26.6. The number of hydrogen-bond donors (Lipinski definition) is 0. The highest BCUT2D eigenvalue weighted by atomic mass is 79.9. The van der Waals surface area contributed by atoms with Crippen molar-refractivity contribution in [3.8, 4) is 0 Å². The molecule has 1 amide bonds. The molecule has 4 nitrogen and oxygen atoms in total. The predicted octanol–water partition coefficient (Wildman–Crippen LogP) is 4.11. The largest absolute Gasteiger partial charge is 0.466 e. The molecule has 1 saturated heterocycles. The zero-order chi connectivity index (χ0) is 17.1. The summed E-state index contributed by atoms with van der Waals surface area (Å²) in [7, 11) is 0. The third-order valence-electron chi connectivity index (χ3n) is 4.07. The second kappa shape index (κ2) is 7.18. The lowest BCUT2D eigenvalue weighted by molar-refractivity contribution is -0.147. The van der Waals surface area contributed by atoms with Crippen molar-refractivity contribution in [1.82, 2.24) is 0 Å². The van der Waals surface area contributed by atoms with Gasteiger partial charge in [-0.15, -0.1) is 0 Å². The molecule has 24 heavy (non-hydrogen) atoms. The van der Waals surface area contributed by atoms with E-state index in [1.165, 1.54) is 0 Å². The van der Waals surface area contributed by atoms with Gasteiger partial charge in [0.2, 0.25) is 0 Å². The Hall–Kier alpha value is -2.14. The van der Waals surface area contributed by atoms with E-state index in [9.17, 15) is 9.59 Å². The van der Waals surface area contributed by atoms with E-state index >= 15 is 0 Å². The van der Waals surface area contributed by atoms with E-state index in [-0.39, 0.29) is 24.3 Å². The van der Waals surface area contributed by atoms with Crippen molar-refractivity contribution in [1.29, 1.82) is 0 Å². The van der Waals surface area contributed by atoms with E-state index in [0.717, 1.165) is 15.7 Å². The van der Waals surface area contributed by atoms with Crippen molar-refractivity contribution in [2.75, 3.05) is 11.5 Å². The molecule has 2 aromatic carbocycles. The van der Waals surface area contributed by atoms with Crippen molar-refractivity contribution in [2.45, 2.75) is 25.8 Å². The summed E-state index contributed by atoms with van der Waals surface area (Å²) in [6, 6.07) is 14.9. The number of nitrogens with zero attached hydrogens (tertiary/aromatic N) is 1. The molecule has 0 N–H and O–H groups in total. The molecular weight excluding hydrogens is 370 g/mol. The normalized spacial score (nSPS) is 17.2. The molecule has 2 aromatic rings. The molecule has 1 aliphatic rings. The van der Waals surface area contributed by atoms with Crippen LogP contribution in [0.15, 0.2) is 53.0 Å². The predicted molar refractivity (Wildman–Crippen MR) is 96.1 cm³/mol. The van der Waals surface area contributed by atoms with Gasteiger partial charge in [-0.1, -0.05) is 28.1 Å². The third-order valence-corrected chi connectivity index (χ3v) is 4.60. The molecule has 124 valence electrons. The summed E-state index contributed by atoms with van der Waals surface area (Å²) in [5, 5.41) is 0. The lowest BCUT2D eigenvalue weighted by atomic mass is 10.0. The van der Waals surface area contributed by atoms with Crippen molar-refractivity contribution in [3.63, 3.8) is 0 Å². The van der Waals surface area contributed by atoms with E-state index in [1.54, 1.807) is 17.0 Å². The van der Waals surface area contributed by atoms with Crippen molar-refractivity contribution in [2.24, 2.45) is 0 Å². The van der Waals surface area contributed by atoms with Crippen LogP contribution in [0, 0.1) is 6.92 Å². The highest BCUT2D eigenvalue weighted by molar-refractivity contribution is 9.10. The fourth-order valence-electron chi connectivity index (χ4n) is 2.89. The van der Waals surface area contributed by atoms with E-state index in [4.69, 9.17) is 4.74 Å². The molecule has 0 aromatic heterocycles. The van der Waals surface area contributed by atoms with Crippen LogP contribution in [0.3, 0.4) is 0 Å². The zero-order valence-electron chi connectivity index (χ0n) is 13.4. The number of rotatable bonds is 3. The molecule has 0 bridgehead atoms. The maximum absolute atomic E-state index is 13.1. The molecule has 0 saturated carbocycles. The minimum atomic E-state index is -0.257. The van der Waals surface area contributed by atoms with Crippen molar-refractivity contribution >= 4 is 33.5 Å². The number of carbonyl (C=O) groups excluding carboxylic acids is 2. The van der Waals surface area contributed by atoms with Crippen LogP contribution >= 0.6 is 15.9 Å². The molecule has 1 fully saturated rings. The zero-order valence-corrected chi connectivity index (χ0v) is 15.0. The first-order valence-corrected chi connectivity index (χ1v) is 8.65. The number of hydrogen-bond acceptors (Lipinski definition) is 3. The molecule has 1 unspecified atom stereocenters. The molecular formula is C19H18BrNO3. The minimum absolute atomic E-state index is 0.104. The van der Waals surface area contributed by atoms with Gasteiger partial charge in [0.15, 0.2) is 0 Å². The highest BCUT2D eigenvalue weighted by Gasteiger charge is 2.31. The Morgan fingerprint density at radius 3 is 2.62 bits per heavy atom. The number of esters is 1. The fraction of sp³-hybridized carbons (Fsp3) is 0.263. The number of benzene rings is 2. The number of anilines is 1. The van der Waals surface area contributed by atoms with Gasteiger partial charge in [0.25, 0.3) is 5.91 Å². The Morgan fingerprint density at radius 2 is 1.96 bits per heavy atom. The van der Waals surface area contributed by atoms with Crippen LogP contribution in [0.4, 0.5) is 5.69 Å². The topological polar surface area (TPSA) is 46.6 Å². The Bertz CT molecular complexity index is 757. The molecule has 5 heteroatoms. The number of aryl methyl sites for hydroxylation is 1. The number of ether oxygens (including phenoxy) is 1. The summed E-state index contributed by atoms with van der Waals surface area (Å²) in [5.74, 6) is -0.361. The average Bonchev–Trinajstić information content (AvgIpc) is 2.56. The van der Waals surface area contributed by atoms with Crippen LogP contribution in [0.5, 0.6) is 0 Å². The maximum atomic E-state index is 13.1. The molecule has 0 radical (unpaired) electrons. The molecule has 0 spiro atoms. The number of carbonyl (C=O) groups is 2. The maximum Gasteiger partial charge on any atom is 0.307 e. The van der Waals surface area contributed by atoms with Gasteiger partial charge in [-0.05, 0) is 48.9 Å². The summed E-state index contributed by atoms with van der Waals surface area (Å²) in [6.07, 6.45) is 0.859. The van der Waals surface area contributed by atoms with E-state index in [0.29, 0.717) is 18.6 Å². The van der Waals surface area contributed by atoms with Crippen LogP contribution < -0.4 is 4.90 Å². The molecule has 3 rings (SSSR count). The van der Waals surface area contributed by atoms with E-state index in [1.807, 2.05) is 43.3 Å². The minimum Gasteiger partial charge on any atom is -0.466 e. The quantitative estimate of drug-likeness (QED) is 0.744. The lowest BCUT2D eigenvalue weighted by Gasteiger charge is -2.34. The van der Waals surface area contributed by atoms with Gasteiger partial charge < -0.3 is 9.64 Å². The molecule has 1 aliphatic heterocycles. The van der Waals surface area contributed by atoms with Crippen LogP contribution in [0.25, 0.3) is 0 Å². The monoisotopic (exact) mass is 387 g/mol. The summed E-state index contributed by atoms with van der Waals surface area (Å²) in [6.45, 7) is 2.33. The second-order valence-corrected chi connectivity index (χ2v) is 6.80. The summed E-state index contributed by atoms with van der Waals surface area (Å²) in [5.41, 5.74) is 2.47. The first kappa shape index (κ1) is 16.7. The highest BCUT2D eigenvalue weighted by Crippen LogP contribution is 2.27. The van der Waals surface area contributed by atoms with Gasteiger partial charge in [0.05, 0.1) is 19.1 Å². The third kappa shape index (κ3) is 3.67. The standard InChI is InChI=1S/C19H18BrNO3/c1-13-3-2-4-16(11-13)21(17-9-10-24-18(22)12-17)19(23)14-5-7-15(20)8-6-14/h2-8,11,17H,9-10,12H2,1H3. The Morgan fingerprint density at radius 1 is 1.21 bits per heavy atom. The van der Waals surface area contributed by atoms with Gasteiger partial charge in [-0.25, -0.2) is 0 Å². The SMILES string of the molecule is Cc1cccc(N(C(=O)c2ccc(Br)cc2)C2CCOC(=O)C2)c1. The van der Waals surface area contributed by atoms with Crippen molar-refractivity contribution in [3.05, 3.63) is 64.1 Å². The van der Waals surface area contributed by atoms with Crippen LogP contribution in [0.2, 0.25) is 0 Å². The second-order valence-electron chi connectivity index (χ2n) is 5.89. The first-order chi connectivity index (χ1) is 11.5. The van der Waals surface area contributed by atoms with E-state index in [2.05, 4.69) is 15.9 Å². The van der Waals surface area contributed by atoms with Gasteiger partial charge in [-0.2, -0.15) is 0 Å². The summed E-state index contributed by atoms with van der Waals surface area (Å²) >= 11 is 3.38. The average molecular weight is 388 g/mol. The molecule has 1 heterocycles. The van der Waals surface area contributed by atoms with Gasteiger partial charge in [0.1, 0.15) is 0 Å². The lowest BCUT2D eigenvalue weighted by Crippen LogP contribution is -2.45. The summed E-state index contributed by atoms with van der Waals surface area (Å²) < 4.78 is 5.95. The number of cyclic esters (lactones) is 1. The van der Waals surface area contributed by atoms with Gasteiger partial charge >= 0.3 is 5.97 Å². The Kier molecular flexibility index (Phi) is 5.00. The fourth-order valence-corrected chi connectivity index (χ4v) is 3.15. The smallest absolute Gasteiger partial charge is 0.307 e. The molecule has 0 aliphatic carbocycles.